The van der Waals surface area contributed by atoms with Crippen LogP contribution < -0.4 is 5.19 Å². The fourth-order valence-electron chi connectivity index (χ4n) is 9.03. The van der Waals surface area contributed by atoms with Crippen LogP contribution in [0.25, 0.3) is 94.6 Å². The molecule has 1 radical (unpaired) electrons. The minimum atomic E-state index is -2.08. The van der Waals surface area contributed by atoms with Gasteiger partial charge >= 0.3 is 0 Å². The molecule has 0 aliphatic heterocycles. The summed E-state index contributed by atoms with van der Waals surface area (Å²) < 4.78 is 31.2. The predicted molar refractivity (Wildman–Crippen MR) is 288 cm³/mol. The van der Waals surface area contributed by atoms with Crippen molar-refractivity contribution in [3.05, 3.63) is 198 Å². The summed E-state index contributed by atoms with van der Waals surface area (Å²) in [5.41, 5.74) is 16.6. The quantitative estimate of drug-likeness (QED) is 0.112. The Labute approximate surface area is 424 Å². The maximum atomic E-state index is 7.35. The number of aromatic nitrogens is 4. The van der Waals surface area contributed by atoms with E-state index in [1.807, 2.05) is 24.4 Å². The van der Waals surface area contributed by atoms with Crippen molar-refractivity contribution in [1.29, 1.82) is 0 Å². The molecule has 0 aliphatic carbocycles. The molecule has 0 amide bonds. The second-order valence-electron chi connectivity index (χ2n) is 19.4. The molecule has 0 saturated carbocycles. The van der Waals surface area contributed by atoms with Crippen LogP contribution in [-0.4, -0.2) is 27.6 Å². The molecule has 0 fully saturated rings. The van der Waals surface area contributed by atoms with Crippen molar-refractivity contribution >= 4 is 57.3 Å². The van der Waals surface area contributed by atoms with E-state index in [1.54, 1.807) is 12.1 Å². The van der Waals surface area contributed by atoms with Gasteiger partial charge in [-0.25, -0.2) is 4.98 Å². The zero-order valence-electron chi connectivity index (χ0n) is 43.3. The van der Waals surface area contributed by atoms with Crippen molar-refractivity contribution in [1.82, 2.24) is 19.5 Å². The average Bonchev–Trinajstić information content (AvgIpc) is 3.93. The molecule has 0 saturated heterocycles. The van der Waals surface area contributed by atoms with E-state index in [4.69, 9.17) is 18.5 Å². The smallest absolute Gasteiger partial charge is 0.168 e. The number of rotatable bonds is 8. The minimum absolute atomic E-state index is 0. The topological polar surface area (TPSA) is 56.7 Å². The van der Waals surface area contributed by atoms with Gasteiger partial charge in [-0.05, 0) is 93.4 Å². The van der Waals surface area contributed by atoms with Gasteiger partial charge in [-0.1, -0.05) is 168 Å². The number of benzene rings is 7. The van der Waals surface area contributed by atoms with Gasteiger partial charge in [0.05, 0.1) is 30.5 Å². The molecule has 0 N–H and O–H groups in total. The Morgan fingerprint density at radius 2 is 1.35 bits per heavy atom. The van der Waals surface area contributed by atoms with Crippen LogP contribution in [0.4, 0.5) is 0 Å². The molecule has 0 unspecified atom stereocenters. The van der Waals surface area contributed by atoms with Crippen LogP contribution in [0.1, 0.15) is 65.9 Å². The molecule has 11 aromatic rings. The summed E-state index contributed by atoms with van der Waals surface area (Å²) in [5, 5.41) is 4.49. The minimum Gasteiger partial charge on any atom is -0.501 e. The number of imidazole rings is 1. The summed E-state index contributed by atoms with van der Waals surface area (Å²) in [6.45, 7) is 16.0. The Bertz CT molecular complexity index is 3640. The van der Waals surface area contributed by atoms with Gasteiger partial charge in [-0.15, -0.1) is 53.6 Å². The van der Waals surface area contributed by atoms with E-state index in [0.717, 1.165) is 77.8 Å². The summed E-state index contributed by atoms with van der Waals surface area (Å²) in [6, 6.07) is 60.7. The third-order valence-electron chi connectivity index (χ3n) is 12.9. The van der Waals surface area contributed by atoms with E-state index in [1.165, 1.54) is 39.1 Å². The van der Waals surface area contributed by atoms with Crippen LogP contribution in [0.2, 0.25) is 19.6 Å². The fraction of sp³-hybridized carbons (Fsp3) is 0.177. The first-order valence-electron chi connectivity index (χ1n) is 25.0. The van der Waals surface area contributed by atoms with Crippen LogP contribution >= 0.6 is 0 Å². The molecule has 5 nitrogen and oxygen atoms in total. The first-order chi connectivity index (χ1) is 34.0. The second-order valence-corrected chi connectivity index (χ2v) is 24.5. The Morgan fingerprint density at radius 3 is 2.01 bits per heavy atom. The van der Waals surface area contributed by atoms with E-state index in [9.17, 15) is 0 Å². The van der Waals surface area contributed by atoms with E-state index in [0.29, 0.717) is 11.2 Å². The van der Waals surface area contributed by atoms with Gasteiger partial charge in [0, 0.05) is 46.9 Å². The maximum Gasteiger partial charge on any atom is 0.168 e. The molecule has 345 valence electrons. The zero-order chi connectivity index (χ0) is 49.8. The predicted octanol–water partition coefficient (Wildman–Crippen LogP) is 16.2. The van der Waals surface area contributed by atoms with Gasteiger partial charge in [0.15, 0.2) is 5.65 Å². The molecule has 0 spiro atoms. The van der Waals surface area contributed by atoms with Crippen molar-refractivity contribution in [3.63, 3.8) is 0 Å². The fourth-order valence-corrected chi connectivity index (χ4v) is 10.1. The number of aryl methyl sites for hydroxylation is 2. The Morgan fingerprint density at radius 1 is 0.652 bits per heavy atom. The molecule has 7 heteroatoms. The summed E-state index contributed by atoms with van der Waals surface area (Å²) in [6.07, 6.45) is 1.92. The van der Waals surface area contributed by atoms with Gasteiger partial charge in [0.1, 0.15) is 5.58 Å². The number of hydrogen-bond acceptors (Lipinski definition) is 4. The Hall–Kier alpha value is -6.76. The number of fused-ring (bicyclic) bond motifs is 5. The molecule has 4 aromatic heterocycles. The molecule has 0 aliphatic rings. The monoisotopic (exact) mass is 1100 g/mol. The molecule has 11 rings (SSSR count). The molecule has 0 bridgehead atoms. The maximum absolute atomic E-state index is 7.35. The van der Waals surface area contributed by atoms with Crippen LogP contribution in [0.5, 0.6) is 0 Å². The van der Waals surface area contributed by atoms with Gasteiger partial charge in [-0.3, -0.25) is 4.98 Å². The Balaban J connectivity index is 0.000000257. The second kappa shape index (κ2) is 19.3. The van der Waals surface area contributed by atoms with Crippen molar-refractivity contribution < 1.29 is 28.6 Å². The van der Waals surface area contributed by atoms with E-state index in [-0.39, 0.29) is 31.9 Å². The number of para-hydroxylation sites is 1. The van der Waals surface area contributed by atoms with Gasteiger partial charge in [0.2, 0.25) is 0 Å². The molecular weight excluding hydrogens is 1040 g/mol. The summed E-state index contributed by atoms with van der Waals surface area (Å²) in [4.78, 5) is 14.9. The van der Waals surface area contributed by atoms with Crippen molar-refractivity contribution in [2.24, 2.45) is 0 Å². The summed E-state index contributed by atoms with van der Waals surface area (Å²) >= 11 is 0. The number of furan rings is 1. The van der Waals surface area contributed by atoms with Gasteiger partial charge in [-0.2, -0.15) is 0 Å². The van der Waals surface area contributed by atoms with Crippen LogP contribution in [0.3, 0.4) is 0 Å². The average molecular weight is 1100 g/mol. The standard InChI is InChI=1S/C47H38N3O.C15H18NSi.Ir/c1-28(2)39-24-35(31-12-7-6-8-13-31)25-40(29(3)4)44(39)50-42-26-34-14-9-10-17-41(34)48-46(42)49-47(50)38-16-11-15-37-36-23-22-33(27-43(36)51-45(37)38)32-20-18-30(5)19-21-32;1-12-5-7-13(8-6-12)15-10-9-14(11-16-15)17(2,3)4;/h6-15,17-29H,1-5H3;5-7,9-11H,1-4H3;/q2*-1;/i;1D3;. The van der Waals surface area contributed by atoms with Crippen LogP contribution in [-0.2, 0) is 20.1 Å². The summed E-state index contributed by atoms with van der Waals surface area (Å²) in [5.74, 6) is 1.25. The first kappa shape index (κ1) is 43.5. The molecule has 0 atom stereocenters. The van der Waals surface area contributed by atoms with E-state index in [2.05, 4.69) is 197 Å². The van der Waals surface area contributed by atoms with E-state index < -0.39 is 14.9 Å². The van der Waals surface area contributed by atoms with E-state index >= 15 is 0 Å². The molecule has 4 heterocycles. The molecular formula is C62H56IrN4OSi-2. The van der Waals surface area contributed by atoms with Crippen molar-refractivity contribution in [2.75, 3.05) is 0 Å². The molecule has 7 aromatic carbocycles. The summed E-state index contributed by atoms with van der Waals surface area (Å²) in [7, 11) is -1.34. The van der Waals surface area contributed by atoms with Gasteiger partial charge in [0.25, 0.3) is 0 Å². The third kappa shape index (κ3) is 9.39. The number of nitrogens with zero attached hydrogens (tertiary/aromatic N) is 4. The molecule has 69 heavy (non-hydrogen) atoms. The van der Waals surface area contributed by atoms with Crippen LogP contribution in [0, 0.1) is 25.9 Å². The van der Waals surface area contributed by atoms with Gasteiger partial charge < -0.3 is 14.0 Å². The first-order valence-corrected chi connectivity index (χ1v) is 27.0. The third-order valence-corrected chi connectivity index (χ3v) is 14.9. The zero-order valence-corrected chi connectivity index (χ0v) is 43.7. The van der Waals surface area contributed by atoms with Crippen molar-refractivity contribution in [3.8, 4) is 50.6 Å². The van der Waals surface area contributed by atoms with Crippen LogP contribution in [0.15, 0.2) is 168 Å². The largest absolute Gasteiger partial charge is 0.501 e. The van der Waals surface area contributed by atoms with Crippen molar-refractivity contribution in [2.45, 2.75) is 72.9 Å². The number of hydrogen-bond donors (Lipinski definition) is 0. The SMILES string of the molecule is Cc1ccc(-c2ccc3c(c2)oc2c(-c4nc5nc6ccccc6cc5n4-c4c(C(C)C)cc(-c5ccccc5)cc4C(C)C)[c-]ccc23)cc1.[2H]C([2H])([2H])c1c[c-]c(-c2ccc([Si](C)(C)C)cn2)cc1.[Ir]. The Kier molecular flexibility index (Phi) is 12.2. The number of pyridine rings is 2. The normalized spacial score (nSPS) is 12.5.